The normalized spacial score (nSPS) is 52.8. The summed E-state index contributed by atoms with van der Waals surface area (Å²) in [6.45, 7) is -2.84. The number of nitrogens with two attached hydrogens (primary N) is 1. The first kappa shape index (κ1) is 53.9. The van der Waals surface area contributed by atoms with Crippen LogP contribution in [0, 0.1) is 0 Å². The van der Waals surface area contributed by atoms with Crippen LogP contribution in [0.4, 0.5) is 0 Å². The van der Waals surface area contributed by atoms with Gasteiger partial charge in [0.25, 0.3) is 0 Å². The molecule has 6 aliphatic rings. The summed E-state index contributed by atoms with van der Waals surface area (Å²) in [5.41, 5.74) is -0.103. The van der Waals surface area contributed by atoms with E-state index in [9.17, 15) is 97.0 Å². The van der Waals surface area contributed by atoms with E-state index >= 15 is 0 Å². The first-order chi connectivity index (χ1) is 31.2. The maximum absolute atomic E-state index is 11.3. The lowest BCUT2D eigenvalue weighted by atomic mass is 9.86. The second kappa shape index (κ2) is 22.8. The van der Waals surface area contributed by atoms with E-state index in [4.69, 9.17) is 42.6 Å². The van der Waals surface area contributed by atoms with Crippen LogP contribution in [0.15, 0.2) is 11.6 Å². The van der Waals surface area contributed by atoms with Crippen molar-refractivity contribution in [1.29, 1.82) is 0 Å². The zero-order chi connectivity index (χ0) is 48.6. The molecule has 0 aromatic heterocycles. The molecule has 0 bridgehead atoms. The van der Waals surface area contributed by atoms with Gasteiger partial charge < -0.3 is 145 Å². The number of quaternary nitrogens is 1. The lowest BCUT2D eigenvalue weighted by molar-refractivity contribution is -0.739. The number of hydrogen-bond donors (Lipinski definition) is 20. The van der Waals surface area contributed by atoms with Gasteiger partial charge in [0.2, 0.25) is 0 Å². The van der Waals surface area contributed by atoms with Gasteiger partial charge >= 0.3 is 0 Å². The van der Waals surface area contributed by atoms with Gasteiger partial charge in [0, 0.05) is 0 Å². The van der Waals surface area contributed by atoms with E-state index < -0.39 is 211 Å². The van der Waals surface area contributed by atoms with E-state index in [0.717, 1.165) is 0 Å². The summed E-state index contributed by atoms with van der Waals surface area (Å²) < 4.78 is 49.9. The highest BCUT2D eigenvalue weighted by Crippen LogP contribution is 2.35. The molecular weight excluding hydrogens is 906 g/mol. The first-order valence-electron chi connectivity index (χ1n) is 21.2. The highest BCUT2D eigenvalue weighted by Gasteiger charge is 2.56. The predicted octanol–water partition coefficient (Wildman–Crippen LogP) is -13.9. The molecule has 5 saturated heterocycles. The average Bonchev–Trinajstić information content (AvgIpc) is 3.30. The number of hydrogen-bond acceptors (Lipinski definition) is 28. The van der Waals surface area contributed by atoms with Gasteiger partial charge in [-0.15, -0.1) is 0 Å². The van der Waals surface area contributed by atoms with Crippen LogP contribution in [-0.4, -0.2) is 308 Å². The molecule has 1 aliphatic carbocycles. The Bertz CT molecular complexity index is 1550. The third-order valence-corrected chi connectivity index (χ3v) is 12.9. The second-order valence-electron chi connectivity index (χ2n) is 17.1. The number of ether oxygens (including phenoxy) is 9. The van der Waals surface area contributed by atoms with Gasteiger partial charge in [-0.3, -0.25) is 0 Å². The van der Waals surface area contributed by atoms with E-state index in [0.29, 0.717) is 0 Å². The summed E-state index contributed by atoms with van der Waals surface area (Å²) in [6, 6.07) is -2.36. The van der Waals surface area contributed by atoms with Crippen LogP contribution in [-0.2, 0) is 42.6 Å². The monoisotopic (exact) mass is 970 g/mol. The van der Waals surface area contributed by atoms with Crippen molar-refractivity contribution in [2.75, 3.05) is 33.0 Å². The van der Waals surface area contributed by atoms with Gasteiger partial charge in [0.15, 0.2) is 31.5 Å². The highest BCUT2D eigenvalue weighted by atomic mass is 16.8. The summed E-state index contributed by atoms with van der Waals surface area (Å²) in [6.07, 6.45) is -46.2. The molecule has 5 fully saturated rings. The zero-order valence-electron chi connectivity index (χ0n) is 35.1. The summed E-state index contributed by atoms with van der Waals surface area (Å²) >= 11 is 0. The lowest BCUT2D eigenvalue weighted by Gasteiger charge is -2.48. The third-order valence-electron chi connectivity index (χ3n) is 12.9. The van der Waals surface area contributed by atoms with E-state index in [1.165, 1.54) is 18.3 Å². The molecule has 0 saturated carbocycles. The number of aliphatic hydroxyl groups is 19. The Labute approximate surface area is 374 Å². The van der Waals surface area contributed by atoms with Gasteiger partial charge in [0.05, 0.1) is 33.0 Å². The number of rotatable bonds is 15. The van der Waals surface area contributed by atoms with Crippen LogP contribution in [0.2, 0.25) is 0 Å². The Hall–Kier alpha value is -1.42. The molecule has 1 unspecified atom stereocenters. The average molecular weight is 971 g/mol. The number of aliphatic hydroxyl groups excluding tert-OH is 19. The fourth-order valence-corrected chi connectivity index (χ4v) is 8.93. The molecule has 0 amide bonds. The minimum atomic E-state index is -2.04. The molecule has 66 heavy (non-hydrogen) atoms. The molecule has 0 aromatic carbocycles. The molecule has 0 aromatic rings. The maximum atomic E-state index is 11.3. The van der Waals surface area contributed by atoms with Crippen molar-refractivity contribution in [3.05, 3.63) is 11.6 Å². The van der Waals surface area contributed by atoms with Gasteiger partial charge in [-0.2, -0.15) is 0 Å². The van der Waals surface area contributed by atoms with Gasteiger partial charge in [0.1, 0.15) is 146 Å². The zero-order valence-corrected chi connectivity index (χ0v) is 35.1. The topological polar surface area (TPSA) is 484 Å². The van der Waals surface area contributed by atoms with Crippen LogP contribution in [0.1, 0.15) is 6.92 Å². The Morgan fingerprint density at radius 1 is 0.424 bits per heavy atom. The minimum absolute atomic E-state index is 0.103. The Balaban J connectivity index is 1.07. The fourth-order valence-electron chi connectivity index (χ4n) is 8.93. The van der Waals surface area contributed by atoms with E-state index in [2.05, 4.69) is 0 Å². The third kappa shape index (κ3) is 10.7. The molecule has 6 rings (SSSR count). The quantitative estimate of drug-likeness (QED) is 0.0678. The SMILES string of the molecule is C[C@H]1O[C@H](O[C@H]2[C@H](O)[C@@H](O)[C@@H](O[C@H]3[C@H](O)[C@@H](O)[C@@H](O)O[C@@H]3CO)O[C@@H]2CO)[C@H](O)[C@@H](O)[C@@H]1[NH2+]C1C=C(CO)[C@@H](O[C@H]2O[C@H](CO)[C@@H](O[C@H]3O[C@H](CO)[C@@H](O)[C@H](O)[C@H]3O)[C@H](O)[C@H]2O)[C@H](O)[C@H]1O. The van der Waals surface area contributed by atoms with Crippen molar-refractivity contribution in [2.45, 2.75) is 185 Å². The molecule has 21 N–H and O–H groups in total. The van der Waals surface area contributed by atoms with Crippen LogP contribution >= 0.6 is 0 Å². The lowest BCUT2D eigenvalue weighted by Crippen LogP contribution is -3.02. The van der Waals surface area contributed by atoms with E-state index in [-0.39, 0.29) is 5.57 Å². The van der Waals surface area contributed by atoms with Crippen LogP contribution < -0.4 is 5.32 Å². The smallest absolute Gasteiger partial charge is 0.187 e. The highest BCUT2D eigenvalue weighted by molar-refractivity contribution is 5.21. The molecule has 29 nitrogen and oxygen atoms in total. The summed E-state index contributed by atoms with van der Waals surface area (Å²) in [7, 11) is 0. The first-order valence-corrected chi connectivity index (χ1v) is 21.2. The largest absolute Gasteiger partial charge is 0.394 e. The predicted molar refractivity (Wildman–Crippen MR) is 202 cm³/mol. The summed E-state index contributed by atoms with van der Waals surface area (Å²) in [5.74, 6) is 0. The molecule has 0 radical (unpaired) electrons. The Morgan fingerprint density at radius 3 is 1.32 bits per heavy atom. The van der Waals surface area contributed by atoms with Gasteiger partial charge in [-0.25, -0.2) is 0 Å². The van der Waals surface area contributed by atoms with Crippen molar-refractivity contribution in [3.8, 4) is 0 Å². The molecule has 384 valence electrons. The Kier molecular flexibility index (Phi) is 18.6. The van der Waals surface area contributed by atoms with Gasteiger partial charge in [-0.05, 0) is 18.6 Å². The summed E-state index contributed by atoms with van der Waals surface area (Å²) in [4.78, 5) is 0. The molecular formula is C37H64NO28+. The van der Waals surface area contributed by atoms with Crippen molar-refractivity contribution < 1.29 is 145 Å². The van der Waals surface area contributed by atoms with E-state index in [1.54, 1.807) is 0 Å². The minimum Gasteiger partial charge on any atom is -0.394 e. The second-order valence-corrected chi connectivity index (χ2v) is 17.1. The van der Waals surface area contributed by atoms with Crippen molar-refractivity contribution >= 4 is 0 Å². The molecule has 5 aliphatic heterocycles. The summed E-state index contributed by atoms with van der Waals surface area (Å²) in [5, 5.41) is 201. The maximum Gasteiger partial charge on any atom is 0.187 e. The fraction of sp³-hybridized carbons (Fsp3) is 0.946. The van der Waals surface area contributed by atoms with Crippen LogP contribution in [0.3, 0.4) is 0 Å². The van der Waals surface area contributed by atoms with Crippen molar-refractivity contribution in [2.24, 2.45) is 0 Å². The van der Waals surface area contributed by atoms with Crippen molar-refractivity contribution in [1.82, 2.24) is 0 Å². The molecule has 29 atom stereocenters. The molecule has 0 spiro atoms. The standard InChI is InChI=1S/C37H63NO28/c1-8-15(18(46)25(53)34(58-8)64-31-13(6-42)62-37(28(56)23(31)51)65-30-12(5-41)59-33(57)24(52)21(30)49)38-10-2-9(3-39)29(20(48)16(10)44)63-36-27(55)22(50)32(14(7-43)61-36)66-35-26(54)19(47)17(45)11(4-40)60-35/h2,8,10-57H,3-7H2,1H3/p+1/t8-,10?,11-,12-,13-,14-,15-,16+,17-,18+,19+,20-,21-,22-,23-,24-,25-,26-,27-,28-,29-,30-,31-,32-,33+,34-,35-,36-,37-/m1/s1. The molecule has 5 heterocycles. The van der Waals surface area contributed by atoms with Crippen molar-refractivity contribution in [3.63, 3.8) is 0 Å². The van der Waals surface area contributed by atoms with Gasteiger partial charge in [-0.1, -0.05) is 0 Å². The van der Waals surface area contributed by atoms with Crippen LogP contribution in [0.5, 0.6) is 0 Å². The van der Waals surface area contributed by atoms with E-state index in [1.807, 2.05) is 0 Å². The molecule has 29 heteroatoms. The van der Waals surface area contributed by atoms with Crippen LogP contribution in [0.25, 0.3) is 0 Å². The Morgan fingerprint density at radius 2 is 0.833 bits per heavy atom.